The number of anilines is 1. The van der Waals surface area contributed by atoms with Crippen LogP contribution in [-0.4, -0.2) is 38.7 Å². The maximum atomic E-state index is 12.3. The van der Waals surface area contributed by atoms with Gasteiger partial charge in [0.15, 0.2) is 11.5 Å². The predicted octanol–water partition coefficient (Wildman–Crippen LogP) is 2.74. The Morgan fingerprint density at radius 3 is 2.96 bits per heavy atom. The topological polar surface area (TPSA) is 91.2 Å². The van der Waals surface area contributed by atoms with Gasteiger partial charge in [0.05, 0.1) is 11.4 Å². The Labute approximate surface area is 159 Å². The highest BCUT2D eigenvalue weighted by atomic mass is 32.2. The molecule has 0 unspecified atom stereocenters. The number of nitrogens with one attached hydrogen (secondary N) is 1. The number of fused-ring (bicyclic) bond motifs is 1. The van der Waals surface area contributed by atoms with Crippen LogP contribution in [0.25, 0.3) is 5.69 Å². The number of nitrogens with zero attached hydrogens (tertiary/aromatic N) is 4. The third-order valence-electron chi connectivity index (χ3n) is 4.25. The Morgan fingerprint density at radius 1 is 1.22 bits per heavy atom. The number of carbonyl (C=O) groups is 1. The van der Waals surface area contributed by atoms with E-state index in [0.717, 1.165) is 22.5 Å². The van der Waals surface area contributed by atoms with Crippen LogP contribution in [0.2, 0.25) is 0 Å². The monoisotopic (exact) mass is 383 g/mol. The Hall–Kier alpha value is -3.07. The number of hydrogen-bond donors (Lipinski definition) is 1. The SMILES string of the molecule is Cc1cccc(NC(=O)CSc2nnnn2-c2ccc3c(c2)OCO3)c1C. The fourth-order valence-corrected chi connectivity index (χ4v) is 3.34. The molecule has 4 rings (SSSR count). The zero-order chi connectivity index (χ0) is 18.8. The van der Waals surface area contributed by atoms with Crippen molar-refractivity contribution in [1.82, 2.24) is 20.2 Å². The summed E-state index contributed by atoms with van der Waals surface area (Å²) in [6.07, 6.45) is 0. The van der Waals surface area contributed by atoms with Gasteiger partial charge in [-0.1, -0.05) is 23.9 Å². The molecule has 0 fully saturated rings. The van der Waals surface area contributed by atoms with E-state index in [2.05, 4.69) is 20.8 Å². The van der Waals surface area contributed by atoms with Gasteiger partial charge < -0.3 is 14.8 Å². The molecule has 0 saturated heterocycles. The molecule has 1 amide bonds. The van der Waals surface area contributed by atoms with Crippen LogP contribution in [0.5, 0.6) is 11.5 Å². The smallest absolute Gasteiger partial charge is 0.234 e. The molecule has 1 N–H and O–H groups in total. The maximum absolute atomic E-state index is 12.3. The number of thioether (sulfide) groups is 1. The van der Waals surface area contributed by atoms with Gasteiger partial charge in [-0.15, -0.1) is 5.10 Å². The van der Waals surface area contributed by atoms with Gasteiger partial charge in [-0.25, -0.2) is 0 Å². The van der Waals surface area contributed by atoms with E-state index in [0.29, 0.717) is 16.7 Å². The zero-order valence-electron chi connectivity index (χ0n) is 14.8. The fraction of sp³-hybridized carbons (Fsp3) is 0.222. The number of hydrogen-bond acceptors (Lipinski definition) is 7. The van der Waals surface area contributed by atoms with Crippen molar-refractivity contribution in [2.75, 3.05) is 17.9 Å². The lowest BCUT2D eigenvalue weighted by atomic mass is 10.1. The molecule has 0 bridgehead atoms. The summed E-state index contributed by atoms with van der Waals surface area (Å²) in [5.74, 6) is 1.41. The molecule has 1 aromatic heterocycles. The van der Waals surface area contributed by atoms with Crippen molar-refractivity contribution in [3.8, 4) is 17.2 Å². The summed E-state index contributed by atoms with van der Waals surface area (Å²) in [4.78, 5) is 12.3. The number of aryl methyl sites for hydroxylation is 1. The van der Waals surface area contributed by atoms with Gasteiger partial charge in [0.2, 0.25) is 17.9 Å². The van der Waals surface area contributed by atoms with Crippen molar-refractivity contribution in [1.29, 1.82) is 0 Å². The summed E-state index contributed by atoms with van der Waals surface area (Å²) >= 11 is 1.26. The molecular weight excluding hydrogens is 366 g/mol. The van der Waals surface area contributed by atoms with Crippen LogP contribution in [0.15, 0.2) is 41.6 Å². The van der Waals surface area contributed by atoms with Gasteiger partial charge >= 0.3 is 0 Å². The average molecular weight is 383 g/mol. The number of aromatic nitrogens is 4. The number of tetrazole rings is 1. The molecule has 0 saturated carbocycles. The molecule has 0 radical (unpaired) electrons. The number of carbonyl (C=O) groups excluding carboxylic acids is 1. The molecule has 1 aliphatic rings. The van der Waals surface area contributed by atoms with Crippen LogP contribution in [0, 0.1) is 13.8 Å². The molecule has 8 nitrogen and oxygen atoms in total. The molecule has 0 atom stereocenters. The van der Waals surface area contributed by atoms with Crippen LogP contribution < -0.4 is 14.8 Å². The van der Waals surface area contributed by atoms with E-state index in [1.807, 2.05) is 38.1 Å². The highest BCUT2D eigenvalue weighted by Gasteiger charge is 2.17. The molecular formula is C18H17N5O3S. The Morgan fingerprint density at radius 2 is 2.07 bits per heavy atom. The molecule has 2 heterocycles. The van der Waals surface area contributed by atoms with E-state index in [4.69, 9.17) is 9.47 Å². The summed E-state index contributed by atoms with van der Waals surface area (Å²) < 4.78 is 12.3. The first-order valence-corrected chi connectivity index (χ1v) is 9.27. The molecule has 2 aromatic carbocycles. The minimum atomic E-state index is -0.117. The normalized spacial score (nSPS) is 12.2. The summed E-state index contributed by atoms with van der Waals surface area (Å²) in [5, 5.41) is 15.2. The molecule has 9 heteroatoms. The van der Waals surface area contributed by atoms with E-state index < -0.39 is 0 Å². The lowest BCUT2D eigenvalue weighted by molar-refractivity contribution is -0.113. The first kappa shape index (κ1) is 17.3. The van der Waals surface area contributed by atoms with Crippen LogP contribution in [0.1, 0.15) is 11.1 Å². The highest BCUT2D eigenvalue weighted by Crippen LogP contribution is 2.34. The highest BCUT2D eigenvalue weighted by molar-refractivity contribution is 7.99. The predicted molar refractivity (Wildman–Crippen MR) is 101 cm³/mol. The summed E-state index contributed by atoms with van der Waals surface area (Å²) in [6.45, 7) is 4.20. The van der Waals surface area contributed by atoms with Crippen molar-refractivity contribution < 1.29 is 14.3 Å². The Balaban J connectivity index is 1.44. The molecule has 0 spiro atoms. The van der Waals surface area contributed by atoms with Gasteiger partial charge in [0.25, 0.3) is 0 Å². The largest absolute Gasteiger partial charge is 0.454 e. The first-order chi connectivity index (χ1) is 13.1. The molecule has 27 heavy (non-hydrogen) atoms. The minimum Gasteiger partial charge on any atom is -0.454 e. The van der Waals surface area contributed by atoms with Crippen LogP contribution in [-0.2, 0) is 4.79 Å². The van der Waals surface area contributed by atoms with Crippen LogP contribution >= 0.6 is 11.8 Å². The van der Waals surface area contributed by atoms with E-state index in [9.17, 15) is 4.79 Å². The first-order valence-electron chi connectivity index (χ1n) is 8.29. The lowest BCUT2D eigenvalue weighted by Gasteiger charge is -2.10. The number of benzene rings is 2. The van der Waals surface area contributed by atoms with Gasteiger partial charge in [0, 0.05) is 11.8 Å². The van der Waals surface area contributed by atoms with Crippen LogP contribution in [0.3, 0.4) is 0 Å². The molecule has 3 aromatic rings. The lowest BCUT2D eigenvalue weighted by Crippen LogP contribution is -2.15. The Bertz CT molecular complexity index is 1000. The summed E-state index contributed by atoms with van der Waals surface area (Å²) in [6, 6.07) is 11.3. The number of rotatable bonds is 5. The van der Waals surface area contributed by atoms with E-state index in [-0.39, 0.29) is 18.5 Å². The van der Waals surface area contributed by atoms with Gasteiger partial charge in [-0.05, 0) is 53.6 Å². The second-order valence-corrected chi connectivity index (χ2v) is 6.94. The van der Waals surface area contributed by atoms with Crippen LogP contribution in [0.4, 0.5) is 5.69 Å². The summed E-state index contributed by atoms with van der Waals surface area (Å²) in [7, 11) is 0. The fourth-order valence-electron chi connectivity index (χ4n) is 2.65. The molecule has 0 aliphatic carbocycles. The van der Waals surface area contributed by atoms with Crippen molar-refractivity contribution >= 4 is 23.4 Å². The third kappa shape index (κ3) is 3.59. The Kier molecular flexibility index (Phi) is 4.68. The number of ether oxygens (including phenoxy) is 2. The quantitative estimate of drug-likeness (QED) is 0.677. The third-order valence-corrected chi connectivity index (χ3v) is 5.17. The molecule has 138 valence electrons. The summed E-state index contributed by atoms with van der Waals surface area (Å²) in [5.41, 5.74) is 3.74. The second-order valence-electron chi connectivity index (χ2n) is 6.00. The van der Waals surface area contributed by atoms with Crippen molar-refractivity contribution in [3.63, 3.8) is 0 Å². The van der Waals surface area contributed by atoms with Crippen molar-refractivity contribution in [2.24, 2.45) is 0 Å². The van der Waals surface area contributed by atoms with Gasteiger partial charge in [-0.3, -0.25) is 4.79 Å². The minimum absolute atomic E-state index is 0.117. The van der Waals surface area contributed by atoms with Crippen molar-refractivity contribution in [3.05, 3.63) is 47.5 Å². The van der Waals surface area contributed by atoms with Gasteiger partial charge in [0.1, 0.15) is 0 Å². The average Bonchev–Trinajstić information content (AvgIpc) is 3.32. The van der Waals surface area contributed by atoms with E-state index in [1.165, 1.54) is 11.8 Å². The second kappa shape index (κ2) is 7.28. The molecule has 1 aliphatic heterocycles. The van der Waals surface area contributed by atoms with Crippen molar-refractivity contribution in [2.45, 2.75) is 19.0 Å². The van der Waals surface area contributed by atoms with E-state index in [1.54, 1.807) is 16.8 Å². The number of amides is 1. The zero-order valence-corrected chi connectivity index (χ0v) is 15.6. The maximum Gasteiger partial charge on any atom is 0.234 e. The van der Waals surface area contributed by atoms with Gasteiger partial charge in [-0.2, -0.15) is 4.68 Å². The van der Waals surface area contributed by atoms with E-state index >= 15 is 0 Å². The standard InChI is InChI=1S/C18H17N5O3S/c1-11-4-3-5-14(12(11)2)19-17(24)9-27-18-20-21-22-23(18)13-6-7-15-16(8-13)26-10-25-15/h3-8H,9-10H2,1-2H3,(H,19,24).